The molecule has 2 rings (SSSR count). The van der Waals surface area contributed by atoms with Crippen LogP contribution >= 0.6 is 0 Å². The number of carboxylic acids is 1. The van der Waals surface area contributed by atoms with Gasteiger partial charge in [0.05, 0.1) is 5.56 Å². The summed E-state index contributed by atoms with van der Waals surface area (Å²) in [7, 11) is 0. The van der Waals surface area contributed by atoms with Gasteiger partial charge in [0.2, 0.25) is 5.91 Å². The second-order valence-corrected chi connectivity index (χ2v) is 4.62. The fourth-order valence-corrected chi connectivity index (χ4v) is 2.35. The molecule has 1 aromatic rings. The van der Waals surface area contributed by atoms with Gasteiger partial charge in [-0.15, -0.1) is 6.58 Å². The normalized spacial score (nSPS) is 13.8. The molecule has 1 N–H and O–H groups in total. The molecule has 0 spiro atoms. The number of hydrogen-bond acceptors (Lipinski definition) is 2. The molecule has 1 aromatic carbocycles. The third kappa shape index (κ3) is 2.84. The first-order valence-corrected chi connectivity index (χ1v) is 6.41. The Bertz CT molecular complexity index is 522. The molecule has 0 saturated heterocycles. The van der Waals surface area contributed by atoms with Crippen LogP contribution in [0.3, 0.4) is 0 Å². The van der Waals surface area contributed by atoms with Gasteiger partial charge in [-0.25, -0.2) is 4.79 Å². The van der Waals surface area contributed by atoms with Crippen LogP contribution < -0.4 is 4.90 Å². The molecule has 4 heteroatoms. The van der Waals surface area contributed by atoms with E-state index in [0.29, 0.717) is 19.4 Å². The summed E-state index contributed by atoms with van der Waals surface area (Å²) in [5.41, 5.74) is 2.07. The van der Waals surface area contributed by atoms with Crippen molar-refractivity contribution in [2.45, 2.75) is 25.7 Å². The third-order valence-electron chi connectivity index (χ3n) is 3.31. The summed E-state index contributed by atoms with van der Waals surface area (Å²) in [5.74, 6) is -0.859. The number of anilines is 1. The highest BCUT2D eigenvalue weighted by Crippen LogP contribution is 2.28. The maximum Gasteiger partial charge on any atom is 0.335 e. The van der Waals surface area contributed by atoms with Gasteiger partial charge in [-0.05, 0) is 43.0 Å². The van der Waals surface area contributed by atoms with E-state index in [9.17, 15) is 9.59 Å². The highest BCUT2D eigenvalue weighted by atomic mass is 16.4. The number of carbonyl (C=O) groups is 2. The highest BCUT2D eigenvalue weighted by molar-refractivity contribution is 5.96. The molecule has 0 unspecified atom stereocenters. The average Bonchev–Trinajstić information content (AvgIpc) is 2.43. The van der Waals surface area contributed by atoms with Crippen LogP contribution in [-0.2, 0) is 11.2 Å². The Kier molecular flexibility index (Phi) is 4.00. The topological polar surface area (TPSA) is 57.6 Å². The van der Waals surface area contributed by atoms with Crippen LogP contribution in [0, 0.1) is 0 Å². The average molecular weight is 259 g/mol. The standard InChI is InChI=1S/C15H17NO3/c1-2-3-6-14(17)16-9-4-5-11-10-12(15(18)19)7-8-13(11)16/h2,7-8,10H,1,3-6,9H2,(H,18,19). The predicted octanol–water partition coefficient (Wildman–Crippen LogP) is 2.63. The third-order valence-corrected chi connectivity index (χ3v) is 3.31. The van der Waals surface area contributed by atoms with Crippen molar-refractivity contribution in [2.24, 2.45) is 0 Å². The lowest BCUT2D eigenvalue weighted by atomic mass is 9.98. The number of fused-ring (bicyclic) bond motifs is 1. The van der Waals surface area contributed by atoms with Crippen LogP contribution in [0.4, 0.5) is 5.69 Å². The number of benzene rings is 1. The Morgan fingerprint density at radius 1 is 1.42 bits per heavy atom. The maximum absolute atomic E-state index is 12.1. The minimum atomic E-state index is -0.932. The number of rotatable bonds is 4. The first-order chi connectivity index (χ1) is 9.13. The summed E-state index contributed by atoms with van der Waals surface area (Å²) in [5, 5.41) is 8.99. The van der Waals surface area contributed by atoms with Gasteiger partial charge in [0.25, 0.3) is 0 Å². The molecule has 0 bridgehead atoms. The summed E-state index contributed by atoms with van der Waals surface area (Å²) in [4.78, 5) is 24.8. The molecule has 1 aliphatic rings. The summed E-state index contributed by atoms with van der Waals surface area (Å²) < 4.78 is 0. The smallest absolute Gasteiger partial charge is 0.335 e. The van der Waals surface area contributed by atoms with Crippen LogP contribution in [0.1, 0.15) is 35.2 Å². The summed E-state index contributed by atoms with van der Waals surface area (Å²) >= 11 is 0. The fourth-order valence-electron chi connectivity index (χ4n) is 2.35. The number of carboxylic acid groups (broad SMARTS) is 1. The molecule has 1 aliphatic heterocycles. The zero-order chi connectivity index (χ0) is 13.8. The van der Waals surface area contributed by atoms with Gasteiger partial charge >= 0.3 is 5.97 Å². The molecule has 0 aliphatic carbocycles. The zero-order valence-corrected chi connectivity index (χ0v) is 10.8. The van der Waals surface area contributed by atoms with E-state index in [2.05, 4.69) is 6.58 Å². The number of aromatic carboxylic acids is 1. The van der Waals surface area contributed by atoms with Crippen LogP contribution in [0.25, 0.3) is 0 Å². The molecule has 19 heavy (non-hydrogen) atoms. The number of nitrogens with zero attached hydrogens (tertiary/aromatic N) is 1. The van der Waals surface area contributed by atoms with Crippen molar-refractivity contribution in [1.29, 1.82) is 0 Å². The summed E-state index contributed by atoms with van der Waals surface area (Å²) in [6, 6.07) is 4.97. The zero-order valence-electron chi connectivity index (χ0n) is 10.8. The molecular formula is C15H17NO3. The SMILES string of the molecule is C=CCCC(=O)N1CCCc2cc(C(=O)O)ccc21. The molecule has 100 valence electrons. The molecule has 0 atom stereocenters. The molecule has 1 amide bonds. The van der Waals surface area contributed by atoms with Gasteiger partial charge in [-0.3, -0.25) is 4.79 Å². The Morgan fingerprint density at radius 2 is 2.21 bits per heavy atom. The first kappa shape index (κ1) is 13.3. The molecular weight excluding hydrogens is 242 g/mol. The summed E-state index contributed by atoms with van der Waals surface area (Å²) in [6.07, 6.45) is 4.54. The molecule has 0 fully saturated rings. The van der Waals surface area contributed by atoms with Crippen LogP contribution in [0.2, 0.25) is 0 Å². The van der Waals surface area contributed by atoms with Crippen molar-refractivity contribution in [1.82, 2.24) is 0 Å². The first-order valence-electron chi connectivity index (χ1n) is 6.41. The van der Waals surface area contributed by atoms with E-state index >= 15 is 0 Å². The number of amides is 1. The van der Waals surface area contributed by atoms with Crippen LogP contribution in [0.15, 0.2) is 30.9 Å². The lowest BCUT2D eigenvalue weighted by molar-refractivity contribution is -0.118. The maximum atomic E-state index is 12.1. The van der Waals surface area contributed by atoms with Crippen LogP contribution in [0.5, 0.6) is 0 Å². The monoisotopic (exact) mass is 259 g/mol. The highest BCUT2D eigenvalue weighted by Gasteiger charge is 2.22. The largest absolute Gasteiger partial charge is 0.478 e. The van der Waals surface area contributed by atoms with E-state index in [1.807, 2.05) is 0 Å². The molecule has 0 saturated carbocycles. The predicted molar refractivity (Wildman–Crippen MR) is 73.5 cm³/mol. The minimum Gasteiger partial charge on any atom is -0.478 e. The van der Waals surface area contributed by atoms with Crippen LogP contribution in [-0.4, -0.2) is 23.5 Å². The van der Waals surface area contributed by atoms with Crippen molar-refractivity contribution >= 4 is 17.6 Å². The number of hydrogen-bond donors (Lipinski definition) is 1. The van der Waals surface area contributed by atoms with E-state index < -0.39 is 5.97 Å². The molecule has 1 heterocycles. The fraction of sp³-hybridized carbons (Fsp3) is 0.333. The second kappa shape index (κ2) is 5.69. The summed E-state index contributed by atoms with van der Waals surface area (Å²) in [6.45, 7) is 4.32. The van der Waals surface area contributed by atoms with E-state index in [0.717, 1.165) is 24.1 Å². The van der Waals surface area contributed by atoms with Gasteiger partial charge in [-0.1, -0.05) is 6.08 Å². The Balaban J connectivity index is 2.26. The Morgan fingerprint density at radius 3 is 2.89 bits per heavy atom. The van der Waals surface area contributed by atoms with Crippen molar-refractivity contribution < 1.29 is 14.7 Å². The number of allylic oxidation sites excluding steroid dienone is 1. The van der Waals surface area contributed by atoms with Gasteiger partial charge < -0.3 is 10.0 Å². The van der Waals surface area contributed by atoms with E-state index in [-0.39, 0.29) is 11.5 Å². The van der Waals surface area contributed by atoms with Crippen molar-refractivity contribution in [2.75, 3.05) is 11.4 Å². The Hall–Kier alpha value is -2.10. The quantitative estimate of drug-likeness (QED) is 0.846. The number of aryl methyl sites for hydroxylation is 1. The van der Waals surface area contributed by atoms with E-state index in [4.69, 9.17) is 5.11 Å². The van der Waals surface area contributed by atoms with E-state index in [1.165, 1.54) is 0 Å². The lowest BCUT2D eigenvalue weighted by Crippen LogP contribution is -2.35. The van der Waals surface area contributed by atoms with Crippen molar-refractivity contribution in [3.63, 3.8) is 0 Å². The van der Waals surface area contributed by atoms with Gasteiger partial charge in [-0.2, -0.15) is 0 Å². The Labute approximate surface area is 112 Å². The molecule has 0 radical (unpaired) electrons. The lowest BCUT2D eigenvalue weighted by Gasteiger charge is -2.29. The van der Waals surface area contributed by atoms with E-state index in [1.54, 1.807) is 29.2 Å². The molecule has 0 aromatic heterocycles. The number of carbonyl (C=O) groups excluding carboxylic acids is 1. The van der Waals surface area contributed by atoms with Gasteiger partial charge in [0.15, 0.2) is 0 Å². The van der Waals surface area contributed by atoms with Gasteiger partial charge in [0.1, 0.15) is 0 Å². The minimum absolute atomic E-state index is 0.0731. The van der Waals surface area contributed by atoms with Crippen molar-refractivity contribution in [3.8, 4) is 0 Å². The molecule has 4 nitrogen and oxygen atoms in total. The second-order valence-electron chi connectivity index (χ2n) is 4.62. The van der Waals surface area contributed by atoms with Gasteiger partial charge in [0, 0.05) is 18.7 Å². The van der Waals surface area contributed by atoms with Crippen molar-refractivity contribution in [3.05, 3.63) is 42.0 Å².